The highest BCUT2D eigenvalue weighted by atomic mass is 16.3. The van der Waals surface area contributed by atoms with Gasteiger partial charge in [-0.1, -0.05) is 20.8 Å². The van der Waals surface area contributed by atoms with Gasteiger partial charge in [0.25, 0.3) is 0 Å². The van der Waals surface area contributed by atoms with Crippen molar-refractivity contribution >= 4 is 16.8 Å². The SMILES string of the molecule is CCC(C(=O)c1ccc2occc2c1)N(CC)CC. The lowest BCUT2D eigenvalue weighted by atomic mass is 9.99. The highest BCUT2D eigenvalue weighted by Gasteiger charge is 2.23. The summed E-state index contributed by atoms with van der Waals surface area (Å²) in [6.45, 7) is 8.05. The number of furan rings is 1. The third-order valence-electron chi connectivity index (χ3n) is 3.68. The molecule has 102 valence electrons. The number of fused-ring (bicyclic) bond motifs is 1. The molecule has 0 aliphatic heterocycles. The zero-order chi connectivity index (χ0) is 13.8. The van der Waals surface area contributed by atoms with Crippen LogP contribution in [0.1, 0.15) is 37.6 Å². The number of likely N-dealkylation sites (N-methyl/N-ethyl adjacent to an activating group) is 1. The third-order valence-corrected chi connectivity index (χ3v) is 3.68. The Morgan fingerprint density at radius 2 is 1.95 bits per heavy atom. The molecule has 2 rings (SSSR count). The molecule has 19 heavy (non-hydrogen) atoms. The van der Waals surface area contributed by atoms with E-state index in [1.807, 2.05) is 24.3 Å². The fourth-order valence-corrected chi connectivity index (χ4v) is 2.59. The van der Waals surface area contributed by atoms with Crippen LogP contribution in [0.4, 0.5) is 0 Å². The van der Waals surface area contributed by atoms with Crippen LogP contribution >= 0.6 is 0 Å². The number of carbonyl (C=O) groups excluding carboxylic acids is 1. The first kappa shape index (κ1) is 13.8. The van der Waals surface area contributed by atoms with Crippen molar-refractivity contribution in [3.63, 3.8) is 0 Å². The summed E-state index contributed by atoms with van der Waals surface area (Å²) in [4.78, 5) is 14.8. The molecule has 2 aromatic rings. The summed E-state index contributed by atoms with van der Waals surface area (Å²) in [5.41, 5.74) is 1.60. The van der Waals surface area contributed by atoms with Gasteiger partial charge in [-0.25, -0.2) is 0 Å². The fraction of sp³-hybridized carbons (Fsp3) is 0.438. The maximum atomic E-state index is 12.6. The van der Waals surface area contributed by atoms with Gasteiger partial charge in [0.05, 0.1) is 12.3 Å². The third kappa shape index (κ3) is 2.71. The lowest BCUT2D eigenvalue weighted by Crippen LogP contribution is -2.40. The highest BCUT2D eigenvalue weighted by molar-refractivity contribution is 6.02. The van der Waals surface area contributed by atoms with E-state index in [0.29, 0.717) is 0 Å². The molecule has 0 bridgehead atoms. The van der Waals surface area contributed by atoms with E-state index in [1.54, 1.807) is 6.26 Å². The first-order valence-corrected chi connectivity index (χ1v) is 6.96. The molecule has 0 saturated carbocycles. The van der Waals surface area contributed by atoms with Crippen molar-refractivity contribution < 1.29 is 9.21 Å². The van der Waals surface area contributed by atoms with Crippen molar-refractivity contribution in [2.45, 2.75) is 33.2 Å². The Kier molecular flexibility index (Phi) is 4.38. The minimum atomic E-state index is -0.0284. The molecule has 1 atom stereocenters. The van der Waals surface area contributed by atoms with Crippen molar-refractivity contribution in [3.8, 4) is 0 Å². The largest absolute Gasteiger partial charge is 0.464 e. The molecule has 3 heteroatoms. The van der Waals surface area contributed by atoms with E-state index in [2.05, 4.69) is 25.7 Å². The first-order valence-electron chi connectivity index (χ1n) is 6.96. The van der Waals surface area contributed by atoms with Gasteiger partial charge in [0.15, 0.2) is 5.78 Å². The normalized spacial score (nSPS) is 13.1. The maximum Gasteiger partial charge on any atom is 0.179 e. The Bertz CT molecular complexity index is 555. The second-order valence-corrected chi connectivity index (χ2v) is 4.68. The Labute approximate surface area is 114 Å². The number of hydrogen-bond donors (Lipinski definition) is 0. The molecular formula is C16H21NO2. The molecule has 1 aromatic heterocycles. The van der Waals surface area contributed by atoms with Gasteiger partial charge in [0.2, 0.25) is 0 Å². The topological polar surface area (TPSA) is 33.5 Å². The Balaban J connectivity index is 2.30. The quantitative estimate of drug-likeness (QED) is 0.741. The van der Waals surface area contributed by atoms with Gasteiger partial charge in [-0.15, -0.1) is 0 Å². The first-order chi connectivity index (χ1) is 9.21. The van der Waals surface area contributed by atoms with Crippen LogP contribution in [0.5, 0.6) is 0 Å². The molecule has 0 fully saturated rings. The molecule has 3 nitrogen and oxygen atoms in total. The molecule has 1 heterocycles. The Morgan fingerprint density at radius 1 is 1.21 bits per heavy atom. The van der Waals surface area contributed by atoms with E-state index in [4.69, 9.17) is 4.42 Å². The number of rotatable bonds is 6. The molecule has 0 N–H and O–H groups in total. The number of Topliss-reactive ketones (excluding diaryl/α,β-unsaturated/α-hetero) is 1. The standard InChI is InChI=1S/C16H21NO2/c1-4-14(17(5-2)6-3)16(18)13-7-8-15-12(11-13)9-10-19-15/h7-11,14H,4-6H2,1-3H3. The average molecular weight is 259 g/mol. The summed E-state index contributed by atoms with van der Waals surface area (Å²) >= 11 is 0. The predicted molar refractivity (Wildman–Crippen MR) is 77.5 cm³/mol. The number of benzene rings is 1. The molecule has 0 spiro atoms. The van der Waals surface area contributed by atoms with Crippen LogP contribution in [0.2, 0.25) is 0 Å². The summed E-state index contributed by atoms with van der Waals surface area (Å²) in [6, 6.07) is 7.52. The van der Waals surface area contributed by atoms with Gasteiger partial charge in [-0.2, -0.15) is 0 Å². The van der Waals surface area contributed by atoms with Crippen LogP contribution in [-0.4, -0.2) is 29.8 Å². The van der Waals surface area contributed by atoms with Crippen molar-refractivity contribution in [2.75, 3.05) is 13.1 Å². The fourth-order valence-electron chi connectivity index (χ4n) is 2.59. The summed E-state index contributed by atoms with van der Waals surface area (Å²) in [5.74, 6) is 0.203. The van der Waals surface area contributed by atoms with Gasteiger partial charge < -0.3 is 4.42 Å². The lowest BCUT2D eigenvalue weighted by molar-refractivity contribution is 0.0826. The zero-order valence-electron chi connectivity index (χ0n) is 11.8. The molecule has 0 aliphatic carbocycles. The van der Waals surface area contributed by atoms with E-state index in [1.165, 1.54) is 0 Å². The number of nitrogens with zero attached hydrogens (tertiary/aromatic N) is 1. The van der Waals surface area contributed by atoms with E-state index in [9.17, 15) is 4.79 Å². The van der Waals surface area contributed by atoms with E-state index < -0.39 is 0 Å². The summed E-state index contributed by atoms with van der Waals surface area (Å²) in [5, 5.41) is 0.986. The van der Waals surface area contributed by atoms with Gasteiger partial charge in [-0.05, 0) is 43.8 Å². The number of hydrogen-bond acceptors (Lipinski definition) is 3. The van der Waals surface area contributed by atoms with Crippen molar-refractivity contribution in [2.24, 2.45) is 0 Å². The van der Waals surface area contributed by atoms with Crippen LogP contribution < -0.4 is 0 Å². The minimum Gasteiger partial charge on any atom is -0.464 e. The van der Waals surface area contributed by atoms with Crippen molar-refractivity contribution in [1.29, 1.82) is 0 Å². The van der Waals surface area contributed by atoms with E-state index in [-0.39, 0.29) is 11.8 Å². The van der Waals surface area contributed by atoms with E-state index in [0.717, 1.165) is 36.0 Å². The van der Waals surface area contributed by atoms with Crippen molar-refractivity contribution in [1.82, 2.24) is 4.90 Å². The Morgan fingerprint density at radius 3 is 2.58 bits per heavy atom. The van der Waals surface area contributed by atoms with Gasteiger partial charge in [0, 0.05) is 10.9 Å². The lowest BCUT2D eigenvalue weighted by Gasteiger charge is -2.27. The highest BCUT2D eigenvalue weighted by Crippen LogP contribution is 2.19. The molecule has 0 saturated heterocycles. The average Bonchev–Trinajstić information content (AvgIpc) is 2.91. The number of ketones is 1. The van der Waals surface area contributed by atoms with Crippen LogP contribution in [0, 0.1) is 0 Å². The van der Waals surface area contributed by atoms with Crippen LogP contribution in [0.3, 0.4) is 0 Å². The maximum absolute atomic E-state index is 12.6. The molecular weight excluding hydrogens is 238 g/mol. The molecule has 0 amide bonds. The molecule has 1 aromatic carbocycles. The summed E-state index contributed by atoms with van der Waals surface area (Å²) < 4.78 is 5.31. The zero-order valence-corrected chi connectivity index (χ0v) is 11.8. The molecule has 0 aliphatic rings. The van der Waals surface area contributed by atoms with Gasteiger partial charge in [0.1, 0.15) is 5.58 Å². The smallest absolute Gasteiger partial charge is 0.179 e. The molecule has 0 radical (unpaired) electrons. The second kappa shape index (κ2) is 6.02. The van der Waals surface area contributed by atoms with Gasteiger partial charge in [-0.3, -0.25) is 9.69 Å². The second-order valence-electron chi connectivity index (χ2n) is 4.68. The van der Waals surface area contributed by atoms with E-state index >= 15 is 0 Å². The van der Waals surface area contributed by atoms with Crippen molar-refractivity contribution in [3.05, 3.63) is 36.1 Å². The summed E-state index contributed by atoms with van der Waals surface area (Å²) in [7, 11) is 0. The minimum absolute atomic E-state index is 0.0284. The van der Waals surface area contributed by atoms with Crippen LogP contribution in [-0.2, 0) is 0 Å². The van der Waals surface area contributed by atoms with Gasteiger partial charge >= 0.3 is 0 Å². The van der Waals surface area contributed by atoms with Crippen LogP contribution in [0.15, 0.2) is 34.9 Å². The molecule has 1 unspecified atom stereocenters. The van der Waals surface area contributed by atoms with Crippen LogP contribution in [0.25, 0.3) is 11.0 Å². The number of carbonyl (C=O) groups is 1. The monoisotopic (exact) mass is 259 g/mol. The Hall–Kier alpha value is -1.61. The predicted octanol–water partition coefficient (Wildman–Crippen LogP) is 3.74. The summed E-state index contributed by atoms with van der Waals surface area (Å²) in [6.07, 6.45) is 2.49.